The van der Waals surface area contributed by atoms with E-state index in [4.69, 9.17) is 11.6 Å². The first-order valence-electron chi connectivity index (χ1n) is 1.58. The van der Waals surface area contributed by atoms with Gasteiger partial charge in [-0.1, -0.05) is 6.08 Å². The van der Waals surface area contributed by atoms with Crippen molar-refractivity contribution in [3.8, 4) is 0 Å². The number of hydrogen-bond acceptors (Lipinski definition) is 1. The summed E-state index contributed by atoms with van der Waals surface area (Å²) in [7, 11) is 0. The molecule has 0 unspecified atom stereocenters. The van der Waals surface area contributed by atoms with Crippen molar-refractivity contribution >= 4 is 17.9 Å². The third kappa shape index (κ3) is 3.70. The van der Waals surface area contributed by atoms with Gasteiger partial charge in [0.2, 0.25) is 0 Å². The number of carbonyl (C=O) groups is 1. The van der Waals surface area contributed by atoms with Crippen molar-refractivity contribution in [3.63, 3.8) is 0 Å². The van der Waals surface area contributed by atoms with Gasteiger partial charge in [-0.15, -0.1) is 11.6 Å². The summed E-state index contributed by atoms with van der Waals surface area (Å²) in [6.07, 6.45) is 3.64. The van der Waals surface area contributed by atoms with E-state index in [1.165, 1.54) is 6.08 Å². The minimum atomic E-state index is 0.415. The molecule has 0 saturated heterocycles. The third-order valence-corrected chi connectivity index (χ3v) is 0.482. The predicted octanol–water partition coefficient (Wildman–Crippen LogP) is 0.980. The van der Waals surface area contributed by atoms with Gasteiger partial charge in [0.25, 0.3) is 0 Å². The fourth-order valence-corrected chi connectivity index (χ4v) is 0.210. The van der Waals surface area contributed by atoms with Gasteiger partial charge in [-0.05, 0) is 6.08 Å². The van der Waals surface area contributed by atoms with Crippen LogP contribution in [0.2, 0.25) is 0 Å². The zero-order valence-corrected chi connectivity index (χ0v) is 3.98. The second kappa shape index (κ2) is 4.70. The normalized spacial score (nSPS) is 9.50. The molecule has 0 saturated carbocycles. The molecule has 0 rings (SSSR count). The Kier molecular flexibility index (Phi) is 4.47. The van der Waals surface area contributed by atoms with Gasteiger partial charge in [-0.3, -0.25) is 4.79 Å². The maximum Gasteiger partial charge on any atom is 0.142 e. The predicted molar refractivity (Wildman–Crippen MR) is 25.9 cm³/mol. The third-order valence-electron chi connectivity index (χ3n) is 0.304. The Morgan fingerprint density at radius 2 is 2.33 bits per heavy atom. The summed E-state index contributed by atoms with van der Waals surface area (Å²) in [6, 6.07) is 0. The molecule has 0 N–H and O–H groups in total. The summed E-state index contributed by atoms with van der Waals surface area (Å²) in [4.78, 5) is 9.42. The molecular formula is C4H5ClO. The van der Waals surface area contributed by atoms with Crippen molar-refractivity contribution in [2.45, 2.75) is 0 Å². The maximum atomic E-state index is 9.42. The average Bonchev–Trinajstić information content (AvgIpc) is 1.61. The molecule has 0 aliphatic carbocycles. The highest BCUT2D eigenvalue weighted by Gasteiger charge is 1.60. The van der Waals surface area contributed by atoms with Gasteiger partial charge < -0.3 is 0 Å². The smallest absolute Gasteiger partial charge is 0.142 e. The van der Waals surface area contributed by atoms with E-state index < -0.39 is 0 Å². The van der Waals surface area contributed by atoms with Crippen LogP contribution in [0.25, 0.3) is 0 Å². The molecule has 0 spiro atoms. The molecule has 0 aliphatic rings. The summed E-state index contributed by atoms with van der Waals surface area (Å²) in [5.41, 5.74) is 0. The lowest BCUT2D eigenvalue weighted by atomic mass is 10.6. The highest BCUT2D eigenvalue weighted by molar-refractivity contribution is 6.19. The average molecular weight is 105 g/mol. The zero-order chi connectivity index (χ0) is 4.83. The molecule has 0 atom stereocenters. The Balaban J connectivity index is 2.94. The van der Waals surface area contributed by atoms with E-state index >= 15 is 0 Å². The zero-order valence-electron chi connectivity index (χ0n) is 3.23. The number of halogens is 1. The number of rotatable bonds is 2. The van der Waals surface area contributed by atoms with Crippen LogP contribution in [0.15, 0.2) is 12.2 Å². The SMILES string of the molecule is O=C/C=C/CCl. The first-order valence-corrected chi connectivity index (χ1v) is 2.11. The number of hydrogen-bond donors (Lipinski definition) is 0. The fourth-order valence-electron chi connectivity index (χ4n) is 0.107. The Bertz CT molecular complexity index is 58.6. The highest BCUT2D eigenvalue weighted by atomic mass is 35.5. The van der Waals surface area contributed by atoms with Crippen LogP contribution in [0.3, 0.4) is 0 Å². The Labute approximate surface area is 41.6 Å². The topological polar surface area (TPSA) is 17.1 Å². The molecule has 0 aromatic rings. The second-order valence-corrected chi connectivity index (χ2v) is 1.03. The minimum Gasteiger partial charge on any atom is -0.299 e. The van der Waals surface area contributed by atoms with Gasteiger partial charge >= 0.3 is 0 Å². The van der Waals surface area contributed by atoms with Crippen molar-refractivity contribution in [3.05, 3.63) is 12.2 Å². The fraction of sp³-hybridized carbons (Fsp3) is 0.250. The molecule has 0 bridgehead atoms. The molecule has 0 aromatic carbocycles. The number of alkyl halides is 1. The van der Waals surface area contributed by atoms with Gasteiger partial charge in [0.05, 0.1) is 0 Å². The van der Waals surface area contributed by atoms with Crippen LogP contribution in [0, 0.1) is 0 Å². The number of carbonyl (C=O) groups excluding carboxylic acids is 1. The van der Waals surface area contributed by atoms with E-state index in [2.05, 4.69) is 0 Å². The summed E-state index contributed by atoms with van der Waals surface area (Å²) in [6.45, 7) is 0. The molecule has 6 heavy (non-hydrogen) atoms. The summed E-state index contributed by atoms with van der Waals surface area (Å²) < 4.78 is 0. The quantitative estimate of drug-likeness (QED) is 0.290. The van der Waals surface area contributed by atoms with Crippen molar-refractivity contribution in [2.75, 3.05) is 5.88 Å². The molecule has 0 aromatic heterocycles. The molecule has 0 amide bonds. The van der Waals surface area contributed by atoms with Crippen LogP contribution in [0.5, 0.6) is 0 Å². The van der Waals surface area contributed by atoms with Crippen molar-refractivity contribution < 1.29 is 4.79 Å². The summed E-state index contributed by atoms with van der Waals surface area (Å²) in [5.74, 6) is 0.415. The van der Waals surface area contributed by atoms with Crippen molar-refractivity contribution in [1.29, 1.82) is 0 Å². The van der Waals surface area contributed by atoms with Crippen molar-refractivity contribution in [2.24, 2.45) is 0 Å². The molecule has 0 fully saturated rings. The van der Waals surface area contributed by atoms with Crippen molar-refractivity contribution in [1.82, 2.24) is 0 Å². The Morgan fingerprint density at radius 3 is 2.50 bits per heavy atom. The van der Waals surface area contributed by atoms with E-state index in [1.807, 2.05) is 0 Å². The van der Waals surface area contributed by atoms with Gasteiger partial charge in [0.15, 0.2) is 0 Å². The number of aldehydes is 1. The summed E-state index contributed by atoms with van der Waals surface area (Å²) >= 11 is 5.13. The number of allylic oxidation sites excluding steroid dienone is 2. The van der Waals surface area contributed by atoms with Gasteiger partial charge in [-0.2, -0.15) is 0 Å². The van der Waals surface area contributed by atoms with Gasteiger partial charge in [0, 0.05) is 5.88 Å². The molecule has 0 radical (unpaired) electrons. The first-order chi connectivity index (χ1) is 2.91. The second-order valence-electron chi connectivity index (χ2n) is 0.719. The van der Waals surface area contributed by atoms with Crippen LogP contribution in [0.1, 0.15) is 0 Å². The molecular weight excluding hydrogens is 99.5 g/mol. The van der Waals surface area contributed by atoms with E-state index in [-0.39, 0.29) is 0 Å². The standard InChI is InChI=1S/C4H5ClO/c5-3-1-2-4-6/h1-2,4H,3H2/b2-1+. The van der Waals surface area contributed by atoms with Crippen LogP contribution in [0.4, 0.5) is 0 Å². The molecule has 0 aliphatic heterocycles. The largest absolute Gasteiger partial charge is 0.299 e. The molecule has 2 heteroatoms. The first kappa shape index (κ1) is 5.70. The van der Waals surface area contributed by atoms with Crippen LogP contribution in [-0.2, 0) is 4.79 Å². The van der Waals surface area contributed by atoms with E-state index in [1.54, 1.807) is 6.08 Å². The van der Waals surface area contributed by atoms with Gasteiger partial charge in [0.1, 0.15) is 6.29 Å². The molecule has 0 heterocycles. The van der Waals surface area contributed by atoms with E-state index in [9.17, 15) is 4.79 Å². The lowest BCUT2D eigenvalue weighted by molar-refractivity contribution is -0.104. The summed E-state index contributed by atoms with van der Waals surface area (Å²) in [5, 5.41) is 0. The Hall–Kier alpha value is -0.300. The van der Waals surface area contributed by atoms with E-state index in [0.29, 0.717) is 12.2 Å². The van der Waals surface area contributed by atoms with Crippen LogP contribution >= 0.6 is 11.6 Å². The lowest BCUT2D eigenvalue weighted by Crippen LogP contribution is -1.59. The monoisotopic (exact) mass is 104 g/mol. The lowest BCUT2D eigenvalue weighted by Gasteiger charge is -1.63. The minimum absolute atomic E-state index is 0.415. The molecule has 1 nitrogen and oxygen atoms in total. The highest BCUT2D eigenvalue weighted by Crippen LogP contribution is 1.72. The van der Waals surface area contributed by atoms with Crippen LogP contribution in [-0.4, -0.2) is 12.2 Å². The van der Waals surface area contributed by atoms with E-state index in [0.717, 1.165) is 0 Å². The van der Waals surface area contributed by atoms with Crippen LogP contribution < -0.4 is 0 Å². The Morgan fingerprint density at radius 1 is 1.67 bits per heavy atom. The maximum absolute atomic E-state index is 9.42. The van der Waals surface area contributed by atoms with Gasteiger partial charge in [-0.25, -0.2) is 0 Å². The molecule has 34 valence electrons.